The summed E-state index contributed by atoms with van der Waals surface area (Å²) in [4.78, 5) is 36.7. The van der Waals surface area contributed by atoms with Crippen LogP contribution >= 0.6 is 0 Å². The van der Waals surface area contributed by atoms with Gasteiger partial charge in [0.15, 0.2) is 0 Å². The molecule has 0 heterocycles. The number of amides is 1. The molecule has 2 rings (SSSR count). The largest absolute Gasteiger partial charge is 0.462 e. The zero-order valence-electron chi connectivity index (χ0n) is 14.7. The molecule has 8 heteroatoms. The van der Waals surface area contributed by atoms with Crippen LogP contribution in [0.5, 0.6) is 0 Å². The quantitative estimate of drug-likeness (QED) is 0.484. The zero-order chi connectivity index (χ0) is 19.3. The summed E-state index contributed by atoms with van der Waals surface area (Å²) in [6.45, 7) is 1.75. The normalized spacial score (nSPS) is 10.1. The number of nitrogens with zero attached hydrogens (tertiary/aromatic N) is 2. The summed E-state index contributed by atoms with van der Waals surface area (Å²) in [6.07, 6.45) is 0. The Balaban J connectivity index is 2.29. The number of esters is 1. The Morgan fingerprint density at radius 1 is 1.12 bits per heavy atom. The van der Waals surface area contributed by atoms with E-state index in [9.17, 15) is 19.7 Å². The molecular weight excluding hydrogens is 338 g/mol. The summed E-state index contributed by atoms with van der Waals surface area (Å²) in [5.41, 5.74) is 1.09. The minimum atomic E-state index is -0.722. The lowest BCUT2D eigenvalue weighted by atomic mass is 10.1. The van der Waals surface area contributed by atoms with Crippen LogP contribution in [0.1, 0.15) is 27.6 Å². The molecule has 0 saturated carbocycles. The number of ether oxygens (including phenoxy) is 1. The Labute approximate surface area is 150 Å². The van der Waals surface area contributed by atoms with Crippen molar-refractivity contribution < 1.29 is 19.2 Å². The lowest BCUT2D eigenvalue weighted by Crippen LogP contribution is -2.14. The van der Waals surface area contributed by atoms with Crippen molar-refractivity contribution in [3.63, 3.8) is 0 Å². The van der Waals surface area contributed by atoms with Gasteiger partial charge >= 0.3 is 5.97 Å². The van der Waals surface area contributed by atoms with E-state index in [1.807, 2.05) is 31.1 Å². The fourth-order valence-corrected chi connectivity index (χ4v) is 2.23. The predicted molar refractivity (Wildman–Crippen MR) is 97.8 cm³/mol. The van der Waals surface area contributed by atoms with Crippen LogP contribution in [-0.2, 0) is 4.74 Å². The molecular formula is C18H19N3O5. The number of rotatable bonds is 6. The molecule has 136 valence electrons. The first-order valence-electron chi connectivity index (χ1n) is 7.87. The molecule has 2 aromatic carbocycles. The monoisotopic (exact) mass is 357 g/mol. The summed E-state index contributed by atoms with van der Waals surface area (Å²) >= 11 is 0. The second-order valence-corrected chi connectivity index (χ2v) is 5.64. The lowest BCUT2D eigenvalue weighted by Gasteiger charge is -2.13. The van der Waals surface area contributed by atoms with Crippen molar-refractivity contribution in [3.05, 3.63) is 63.7 Å². The van der Waals surface area contributed by atoms with E-state index in [-0.39, 0.29) is 23.4 Å². The van der Waals surface area contributed by atoms with Crippen LogP contribution in [-0.4, -0.2) is 37.5 Å². The van der Waals surface area contributed by atoms with Gasteiger partial charge in [-0.25, -0.2) is 4.79 Å². The third kappa shape index (κ3) is 4.56. The number of carbonyl (C=O) groups excluding carboxylic acids is 2. The third-order valence-corrected chi connectivity index (χ3v) is 3.54. The highest BCUT2D eigenvalue weighted by Gasteiger charge is 2.18. The number of benzene rings is 2. The van der Waals surface area contributed by atoms with Crippen molar-refractivity contribution in [2.24, 2.45) is 0 Å². The van der Waals surface area contributed by atoms with Gasteiger partial charge in [0.1, 0.15) is 0 Å². The number of carbonyl (C=O) groups is 2. The SMILES string of the molecule is CCOC(=O)c1cc(C(=O)Nc2ccc(N(C)C)cc2)cc([N+](=O)[O-])c1. The fraction of sp³-hybridized carbons (Fsp3) is 0.222. The van der Waals surface area contributed by atoms with Gasteiger partial charge in [0.2, 0.25) is 0 Å². The van der Waals surface area contributed by atoms with Crippen LogP contribution in [0.3, 0.4) is 0 Å². The lowest BCUT2D eigenvalue weighted by molar-refractivity contribution is -0.384. The summed E-state index contributed by atoms with van der Waals surface area (Å²) in [5.74, 6) is -1.28. The number of hydrogen-bond donors (Lipinski definition) is 1. The Bertz CT molecular complexity index is 831. The molecule has 1 amide bonds. The van der Waals surface area contributed by atoms with Crippen LogP contribution in [0.4, 0.5) is 17.1 Å². The standard InChI is InChI=1S/C18H19N3O5/c1-4-26-18(23)13-9-12(10-16(11-13)21(24)25)17(22)19-14-5-7-15(8-6-14)20(2)3/h5-11H,4H2,1-3H3,(H,19,22). The van der Waals surface area contributed by atoms with E-state index in [0.29, 0.717) is 5.69 Å². The van der Waals surface area contributed by atoms with Crippen molar-refractivity contribution in [1.29, 1.82) is 0 Å². The highest BCUT2D eigenvalue weighted by atomic mass is 16.6. The zero-order valence-corrected chi connectivity index (χ0v) is 14.7. The number of nitrogens with one attached hydrogen (secondary N) is 1. The number of nitro benzene ring substituents is 1. The predicted octanol–water partition coefficient (Wildman–Crippen LogP) is 3.09. The Hall–Kier alpha value is -3.42. The minimum Gasteiger partial charge on any atom is -0.462 e. The molecule has 0 fully saturated rings. The molecule has 8 nitrogen and oxygen atoms in total. The van der Waals surface area contributed by atoms with Gasteiger partial charge in [0.25, 0.3) is 11.6 Å². The van der Waals surface area contributed by atoms with Gasteiger partial charge in [-0.3, -0.25) is 14.9 Å². The molecule has 1 N–H and O–H groups in total. The first kappa shape index (κ1) is 18.9. The van der Waals surface area contributed by atoms with Gasteiger partial charge < -0.3 is 15.0 Å². The topological polar surface area (TPSA) is 102 Å². The molecule has 26 heavy (non-hydrogen) atoms. The second-order valence-electron chi connectivity index (χ2n) is 5.64. The molecule has 0 saturated heterocycles. The van der Waals surface area contributed by atoms with Crippen molar-refractivity contribution in [2.75, 3.05) is 30.9 Å². The number of nitro groups is 1. The van der Waals surface area contributed by atoms with E-state index in [2.05, 4.69) is 5.32 Å². The molecule has 0 bridgehead atoms. The van der Waals surface area contributed by atoms with Crippen LogP contribution in [0.15, 0.2) is 42.5 Å². The second kappa shape index (κ2) is 8.11. The number of hydrogen-bond acceptors (Lipinski definition) is 6. The van der Waals surface area contributed by atoms with Crippen molar-refractivity contribution in [3.8, 4) is 0 Å². The molecule has 0 spiro atoms. The van der Waals surface area contributed by atoms with E-state index in [1.165, 1.54) is 6.07 Å². The first-order valence-corrected chi connectivity index (χ1v) is 7.87. The summed E-state index contributed by atoms with van der Waals surface area (Å²) in [6, 6.07) is 10.6. The van der Waals surface area contributed by atoms with Crippen LogP contribution in [0.2, 0.25) is 0 Å². The van der Waals surface area contributed by atoms with Crippen LogP contribution < -0.4 is 10.2 Å². The van der Waals surface area contributed by atoms with E-state index < -0.39 is 16.8 Å². The fourth-order valence-electron chi connectivity index (χ4n) is 2.23. The summed E-state index contributed by atoms with van der Waals surface area (Å²) < 4.78 is 4.85. The maximum Gasteiger partial charge on any atom is 0.338 e. The van der Waals surface area contributed by atoms with Crippen molar-refractivity contribution in [1.82, 2.24) is 0 Å². The van der Waals surface area contributed by atoms with Gasteiger partial charge in [-0.2, -0.15) is 0 Å². The Kier molecular flexibility index (Phi) is 5.90. The van der Waals surface area contributed by atoms with Crippen LogP contribution in [0.25, 0.3) is 0 Å². The Morgan fingerprint density at radius 3 is 2.27 bits per heavy atom. The highest BCUT2D eigenvalue weighted by molar-refractivity contribution is 6.06. The average Bonchev–Trinajstić information content (AvgIpc) is 2.61. The molecule has 0 aromatic heterocycles. The highest BCUT2D eigenvalue weighted by Crippen LogP contribution is 2.21. The molecule has 0 unspecified atom stereocenters. The van der Waals surface area contributed by atoms with Gasteiger partial charge in [-0.15, -0.1) is 0 Å². The number of non-ortho nitro benzene ring substituents is 1. The molecule has 0 radical (unpaired) electrons. The van der Waals surface area contributed by atoms with Gasteiger partial charge in [-0.05, 0) is 37.3 Å². The molecule has 0 aliphatic rings. The van der Waals surface area contributed by atoms with Gasteiger partial charge in [0, 0.05) is 43.2 Å². The summed E-state index contributed by atoms with van der Waals surface area (Å²) in [7, 11) is 3.79. The molecule has 0 atom stereocenters. The van der Waals surface area contributed by atoms with E-state index in [1.54, 1.807) is 19.1 Å². The average molecular weight is 357 g/mol. The first-order chi connectivity index (χ1) is 12.3. The third-order valence-electron chi connectivity index (χ3n) is 3.54. The van der Waals surface area contributed by atoms with E-state index >= 15 is 0 Å². The Morgan fingerprint density at radius 2 is 1.73 bits per heavy atom. The van der Waals surface area contributed by atoms with E-state index in [4.69, 9.17) is 4.74 Å². The summed E-state index contributed by atoms with van der Waals surface area (Å²) in [5, 5.41) is 13.7. The maximum absolute atomic E-state index is 12.4. The van der Waals surface area contributed by atoms with E-state index in [0.717, 1.165) is 17.8 Å². The molecule has 0 aliphatic carbocycles. The van der Waals surface area contributed by atoms with Crippen LogP contribution in [0, 0.1) is 10.1 Å². The molecule has 0 aliphatic heterocycles. The van der Waals surface area contributed by atoms with Crippen molar-refractivity contribution in [2.45, 2.75) is 6.92 Å². The van der Waals surface area contributed by atoms with Gasteiger partial charge in [-0.1, -0.05) is 0 Å². The smallest absolute Gasteiger partial charge is 0.338 e. The maximum atomic E-state index is 12.4. The molecule has 2 aromatic rings. The van der Waals surface area contributed by atoms with Crippen molar-refractivity contribution >= 4 is 28.9 Å². The van der Waals surface area contributed by atoms with Gasteiger partial charge in [0.05, 0.1) is 17.1 Å². The minimum absolute atomic E-state index is 0.000982. The number of anilines is 2.